The fourth-order valence-electron chi connectivity index (χ4n) is 2.41. The van der Waals surface area contributed by atoms with Gasteiger partial charge in [0, 0.05) is 12.6 Å². The van der Waals surface area contributed by atoms with Crippen LogP contribution >= 0.6 is 0 Å². The van der Waals surface area contributed by atoms with Crippen LogP contribution in [0.4, 0.5) is 0 Å². The predicted molar refractivity (Wildman–Crippen MR) is 61.8 cm³/mol. The number of likely N-dealkylation sites (tertiary alicyclic amines) is 1. The van der Waals surface area contributed by atoms with Gasteiger partial charge in [-0.15, -0.1) is 0 Å². The summed E-state index contributed by atoms with van der Waals surface area (Å²) >= 11 is 0. The molecule has 2 rings (SSSR count). The molecule has 1 fully saturated rings. The number of hydrogen-bond acceptors (Lipinski definition) is 4. The van der Waals surface area contributed by atoms with Crippen LogP contribution in [0, 0.1) is 5.92 Å². The highest BCUT2D eigenvalue weighted by molar-refractivity contribution is 5.85. The molecule has 0 spiro atoms. The first kappa shape index (κ1) is 12.1. The van der Waals surface area contributed by atoms with Crippen molar-refractivity contribution in [2.24, 2.45) is 5.92 Å². The number of aromatic carboxylic acids is 1. The van der Waals surface area contributed by atoms with Gasteiger partial charge in [0.05, 0.1) is 6.54 Å². The summed E-state index contributed by atoms with van der Waals surface area (Å²) in [4.78, 5) is 13.0. The highest BCUT2D eigenvalue weighted by atomic mass is 16.5. The summed E-state index contributed by atoms with van der Waals surface area (Å²) in [6, 6.07) is 1.51. The Hall–Kier alpha value is -1.36. The van der Waals surface area contributed by atoms with Crippen LogP contribution < -0.4 is 0 Å². The van der Waals surface area contributed by atoms with Gasteiger partial charge in [-0.2, -0.15) is 0 Å². The van der Waals surface area contributed by atoms with E-state index in [4.69, 9.17) is 9.63 Å². The highest BCUT2D eigenvalue weighted by Crippen LogP contribution is 2.22. The summed E-state index contributed by atoms with van der Waals surface area (Å²) in [6.45, 7) is 5.02. The molecular formula is C12H18N2O3. The second kappa shape index (κ2) is 5.31. The molecule has 0 amide bonds. The average Bonchev–Trinajstić information content (AvgIpc) is 2.89. The number of nitrogens with zero attached hydrogens (tertiary/aromatic N) is 2. The van der Waals surface area contributed by atoms with Crippen molar-refractivity contribution >= 4 is 5.97 Å². The van der Waals surface area contributed by atoms with E-state index in [1.54, 1.807) is 0 Å². The van der Waals surface area contributed by atoms with Crippen molar-refractivity contribution in [3.05, 3.63) is 17.5 Å². The second-order valence-electron chi connectivity index (χ2n) is 4.66. The van der Waals surface area contributed by atoms with Gasteiger partial charge in [-0.25, -0.2) is 4.79 Å². The van der Waals surface area contributed by atoms with Gasteiger partial charge in [0.25, 0.3) is 0 Å². The Kier molecular flexibility index (Phi) is 3.78. The second-order valence-corrected chi connectivity index (χ2v) is 4.66. The summed E-state index contributed by atoms with van der Waals surface area (Å²) in [5.74, 6) is 0.381. The fraction of sp³-hybridized carbons (Fsp3) is 0.667. The highest BCUT2D eigenvalue weighted by Gasteiger charge is 2.23. The summed E-state index contributed by atoms with van der Waals surface area (Å²) in [6.07, 6.45) is 3.73. The van der Waals surface area contributed by atoms with E-state index in [0.29, 0.717) is 12.3 Å². The third-order valence-electron chi connectivity index (χ3n) is 3.22. The molecule has 1 saturated heterocycles. The van der Waals surface area contributed by atoms with E-state index < -0.39 is 5.97 Å². The zero-order chi connectivity index (χ0) is 12.3. The zero-order valence-corrected chi connectivity index (χ0v) is 10.1. The van der Waals surface area contributed by atoms with Crippen LogP contribution in [0.3, 0.4) is 0 Å². The smallest absolute Gasteiger partial charge is 0.358 e. The lowest BCUT2D eigenvalue weighted by Crippen LogP contribution is -2.19. The molecule has 1 aliphatic heterocycles. The Morgan fingerprint density at radius 2 is 2.53 bits per heavy atom. The standard InChI is InChI=1S/C12H18N2O3/c1-2-3-9-4-5-14(7-9)8-10-6-11(12(15)16)13-17-10/h6,9H,2-5,7-8H2,1H3,(H,15,16). The van der Waals surface area contributed by atoms with Crippen LogP contribution in [0.25, 0.3) is 0 Å². The van der Waals surface area contributed by atoms with Crippen molar-refractivity contribution in [2.45, 2.75) is 32.7 Å². The molecule has 1 N–H and O–H groups in total. The molecule has 0 bridgehead atoms. The third-order valence-corrected chi connectivity index (χ3v) is 3.22. The van der Waals surface area contributed by atoms with Crippen molar-refractivity contribution in [1.29, 1.82) is 0 Å². The molecule has 0 saturated carbocycles. The molecule has 5 nitrogen and oxygen atoms in total. The molecule has 0 radical (unpaired) electrons. The molecule has 1 unspecified atom stereocenters. The van der Waals surface area contributed by atoms with Crippen molar-refractivity contribution in [2.75, 3.05) is 13.1 Å². The van der Waals surface area contributed by atoms with E-state index in [2.05, 4.69) is 17.0 Å². The maximum absolute atomic E-state index is 10.7. The first-order chi connectivity index (χ1) is 8.19. The van der Waals surface area contributed by atoms with Crippen LogP contribution in [0.15, 0.2) is 10.6 Å². The Bertz CT molecular complexity index is 389. The predicted octanol–water partition coefficient (Wildman–Crippen LogP) is 1.99. The molecule has 94 valence electrons. The Morgan fingerprint density at radius 1 is 1.71 bits per heavy atom. The maximum Gasteiger partial charge on any atom is 0.358 e. The number of rotatable bonds is 5. The maximum atomic E-state index is 10.7. The van der Waals surface area contributed by atoms with Crippen LogP contribution in [-0.4, -0.2) is 34.2 Å². The molecule has 1 aliphatic rings. The van der Waals surface area contributed by atoms with Gasteiger partial charge in [0.1, 0.15) is 0 Å². The number of hydrogen-bond donors (Lipinski definition) is 1. The first-order valence-electron chi connectivity index (χ1n) is 6.10. The lowest BCUT2D eigenvalue weighted by Gasteiger charge is -2.13. The average molecular weight is 238 g/mol. The number of carboxylic acid groups (broad SMARTS) is 1. The molecular weight excluding hydrogens is 220 g/mol. The van der Waals surface area contributed by atoms with Crippen LogP contribution in [-0.2, 0) is 6.54 Å². The van der Waals surface area contributed by atoms with Crippen molar-refractivity contribution < 1.29 is 14.4 Å². The van der Waals surface area contributed by atoms with Crippen LogP contribution in [0.2, 0.25) is 0 Å². The van der Waals surface area contributed by atoms with Gasteiger partial charge in [0.2, 0.25) is 0 Å². The monoisotopic (exact) mass is 238 g/mol. The molecule has 5 heteroatoms. The zero-order valence-electron chi connectivity index (χ0n) is 10.1. The van der Waals surface area contributed by atoms with Crippen LogP contribution in [0.1, 0.15) is 42.4 Å². The lowest BCUT2D eigenvalue weighted by molar-refractivity contribution is 0.0685. The summed E-state index contributed by atoms with van der Waals surface area (Å²) in [5.41, 5.74) is -0.00990. The lowest BCUT2D eigenvalue weighted by atomic mass is 10.0. The van der Waals surface area contributed by atoms with E-state index in [0.717, 1.165) is 19.0 Å². The summed E-state index contributed by atoms with van der Waals surface area (Å²) < 4.78 is 5.01. The van der Waals surface area contributed by atoms with E-state index in [9.17, 15) is 4.79 Å². The molecule has 1 aromatic rings. The number of carboxylic acids is 1. The minimum atomic E-state index is -1.04. The van der Waals surface area contributed by atoms with E-state index >= 15 is 0 Å². The Morgan fingerprint density at radius 3 is 3.18 bits per heavy atom. The van der Waals surface area contributed by atoms with Gasteiger partial charge in [0.15, 0.2) is 11.5 Å². The van der Waals surface area contributed by atoms with E-state index in [1.165, 1.54) is 25.3 Å². The van der Waals surface area contributed by atoms with E-state index in [-0.39, 0.29) is 5.69 Å². The number of carbonyl (C=O) groups is 1. The molecule has 0 aliphatic carbocycles. The van der Waals surface area contributed by atoms with Crippen LogP contribution in [0.5, 0.6) is 0 Å². The summed E-state index contributed by atoms with van der Waals surface area (Å²) in [7, 11) is 0. The topological polar surface area (TPSA) is 66.6 Å². The quantitative estimate of drug-likeness (QED) is 0.849. The molecule has 1 atom stereocenters. The molecule has 17 heavy (non-hydrogen) atoms. The molecule has 2 heterocycles. The first-order valence-corrected chi connectivity index (χ1v) is 6.10. The number of aromatic nitrogens is 1. The third kappa shape index (κ3) is 3.06. The largest absolute Gasteiger partial charge is 0.476 e. The van der Waals surface area contributed by atoms with Gasteiger partial charge in [-0.05, 0) is 25.3 Å². The van der Waals surface area contributed by atoms with Crippen molar-refractivity contribution in [3.63, 3.8) is 0 Å². The van der Waals surface area contributed by atoms with Crippen molar-refractivity contribution in [3.8, 4) is 0 Å². The molecule has 0 aromatic carbocycles. The fourth-order valence-corrected chi connectivity index (χ4v) is 2.41. The Balaban J connectivity index is 1.87. The van der Waals surface area contributed by atoms with Gasteiger partial charge >= 0.3 is 5.97 Å². The van der Waals surface area contributed by atoms with Gasteiger partial charge in [-0.3, -0.25) is 4.90 Å². The minimum absolute atomic E-state index is 0.00990. The van der Waals surface area contributed by atoms with Gasteiger partial charge in [-0.1, -0.05) is 18.5 Å². The molecule has 1 aromatic heterocycles. The summed E-state index contributed by atoms with van der Waals surface area (Å²) in [5, 5.41) is 12.2. The van der Waals surface area contributed by atoms with E-state index in [1.807, 2.05) is 0 Å². The normalized spacial score (nSPS) is 20.9. The minimum Gasteiger partial charge on any atom is -0.476 e. The van der Waals surface area contributed by atoms with Crippen molar-refractivity contribution in [1.82, 2.24) is 10.1 Å². The van der Waals surface area contributed by atoms with Gasteiger partial charge < -0.3 is 9.63 Å². The Labute approximate surface area is 100 Å². The SMILES string of the molecule is CCCC1CCN(Cc2cc(C(=O)O)no2)C1.